The number of methoxy groups -OCH3 is 1. The third kappa shape index (κ3) is 3.83. The zero-order valence-corrected chi connectivity index (χ0v) is 15.0. The molecule has 0 unspecified atom stereocenters. The van der Waals surface area contributed by atoms with Crippen molar-refractivity contribution < 1.29 is 13.9 Å². The van der Waals surface area contributed by atoms with Crippen molar-refractivity contribution >= 4 is 5.97 Å². The van der Waals surface area contributed by atoms with Crippen LogP contribution in [0.1, 0.15) is 29.3 Å². The van der Waals surface area contributed by atoms with E-state index in [0.29, 0.717) is 5.56 Å². The summed E-state index contributed by atoms with van der Waals surface area (Å²) < 4.78 is 19.0. The topological polar surface area (TPSA) is 26.3 Å². The second kappa shape index (κ2) is 7.96. The molecule has 0 aliphatic carbocycles. The molecule has 0 aliphatic rings. The van der Waals surface area contributed by atoms with Crippen LogP contribution in [0.2, 0.25) is 0 Å². The number of esters is 1. The van der Waals surface area contributed by atoms with Crippen LogP contribution >= 0.6 is 0 Å². The van der Waals surface area contributed by atoms with Crippen molar-refractivity contribution in [3.8, 4) is 22.3 Å². The first kappa shape index (κ1) is 17.9. The molecule has 0 saturated carbocycles. The Labute approximate surface area is 153 Å². The predicted molar refractivity (Wildman–Crippen MR) is 103 cm³/mol. The molecule has 3 aromatic carbocycles. The van der Waals surface area contributed by atoms with Crippen molar-refractivity contribution in [1.29, 1.82) is 0 Å². The van der Waals surface area contributed by atoms with Gasteiger partial charge in [-0.3, -0.25) is 0 Å². The molecule has 0 fully saturated rings. The summed E-state index contributed by atoms with van der Waals surface area (Å²) in [5, 5.41) is 0. The first-order valence-corrected chi connectivity index (χ1v) is 8.70. The van der Waals surface area contributed by atoms with Crippen LogP contribution in [0.5, 0.6) is 0 Å². The zero-order chi connectivity index (χ0) is 18.5. The lowest BCUT2D eigenvalue weighted by atomic mass is 9.98. The standard InChI is InChI=1S/C23H21FO2/c1-3-4-16-5-7-17(8-6-16)18-9-11-19(12-10-18)21-14-13-20(15-22(21)24)23(25)26-2/h5-15H,3-4H2,1-2H3. The van der Waals surface area contributed by atoms with Gasteiger partial charge in [0.25, 0.3) is 0 Å². The van der Waals surface area contributed by atoms with Gasteiger partial charge in [0.2, 0.25) is 0 Å². The van der Waals surface area contributed by atoms with Gasteiger partial charge < -0.3 is 4.74 Å². The monoisotopic (exact) mass is 348 g/mol. The number of hydrogen-bond donors (Lipinski definition) is 0. The Balaban J connectivity index is 1.84. The molecule has 3 aromatic rings. The number of carbonyl (C=O) groups excluding carboxylic acids is 1. The van der Waals surface area contributed by atoms with Crippen LogP contribution in [0.15, 0.2) is 66.7 Å². The molecule has 2 nitrogen and oxygen atoms in total. The maximum Gasteiger partial charge on any atom is 0.337 e. The van der Waals surface area contributed by atoms with Crippen molar-refractivity contribution in [2.75, 3.05) is 7.11 Å². The van der Waals surface area contributed by atoms with Crippen LogP contribution in [0.3, 0.4) is 0 Å². The fourth-order valence-electron chi connectivity index (χ4n) is 2.99. The number of aryl methyl sites for hydroxylation is 1. The third-order valence-corrected chi connectivity index (χ3v) is 4.41. The average Bonchev–Trinajstić information content (AvgIpc) is 2.68. The summed E-state index contributed by atoms with van der Waals surface area (Å²) in [5.74, 6) is -0.984. The molecule has 26 heavy (non-hydrogen) atoms. The summed E-state index contributed by atoms with van der Waals surface area (Å²) in [6.45, 7) is 2.17. The van der Waals surface area contributed by atoms with Gasteiger partial charge in [-0.25, -0.2) is 9.18 Å². The molecule has 0 amide bonds. The Bertz CT molecular complexity index is 896. The molecule has 0 aliphatic heterocycles. The molecule has 0 heterocycles. The fraction of sp³-hybridized carbons (Fsp3) is 0.174. The van der Waals surface area contributed by atoms with Crippen LogP contribution in [0, 0.1) is 5.82 Å². The van der Waals surface area contributed by atoms with E-state index in [0.717, 1.165) is 29.5 Å². The van der Waals surface area contributed by atoms with Crippen LogP contribution < -0.4 is 0 Å². The predicted octanol–water partition coefficient (Wildman–Crippen LogP) is 5.90. The molecule has 0 bridgehead atoms. The Hall–Kier alpha value is -2.94. The van der Waals surface area contributed by atoms with Gasteiger partial charge in [-0.2, -0.15) is 0 Å². The molecular weight excluding hydrogens is 327 g/mol. The minimum Gasteiger partial charge on any atom is -0.465 e. The van der Waals surface area contributed by atoms with E-state index in [1.54, 1.807) is 12.1 Å². The summed E-state index contributed by atoms with van der Waals surface area (Å²) in [7, 11) is 1.28. The van der Waals surface area contributed by atoms with Crippen molar-refractivity contribution in [2.24, 2.45) is 0 Å². The SMILES string of the molecule is CCCc1ccc(-c2ccc(-c3ccc(C(=O)OC)cc3F)cc2)cc1. The quantitative estimate of drug-likeness (QED) is 0.537. The van der Waals surface area contributed by atoms with E-state index >= 15 is 0 Å². The summed E-state index contributed by atoms with van der Waals surface area (Å²) >= 11 is 0. The van der Waals surface area contributed by atoms with Gasteiger partial charge in [-0.1, -0.05) is 67.9 Å². The molecule has 0 saturated heterocycles. The molecule has 0 spiro atoms. The smallest absolute Gasteiger partial charge is 0.337 e. The molecule has 0 aromatic heterocycles. The Kier molecular flexibility index (Phi) is 5.47. The van der Waals surface area contributed by atoms with Gasteiger partial charge in [0.05, 0.1) is 12.7 Å². The van der Waals surface area contributed by atoms with E-state index in [2.05, 4.69) is 35.9 Å². The van der Waals surface area contributed by atoms with Gasteiger partial charge in [0.15, 0.2) is 0 Å². The molecule has 0 radical (unpaired) electrons. The van der Waals surface area contributed by atoms with Gasteiger partial charge in [-0.05, 0) is 40.8 Å². The van der Waals surface area contributed by atoms with E-state index in [9.17, 15) is 9.18 Å². The summed E-state index contributed by atoms with van der Waals surface area (Å²) in [6, 6.07) is 20.7. The summed E-state index contributed by atoms with van der Waals surface area (Å²) in [5.41, 5.74) is 4.99. The number of hydrogen-bond acceptors (Lipinski definition) is 2. The normalized spacial score (nSPS) is 10.6. The molecule has 3 rings (SSSR count). The molecule has 0 atom stereocenters. The summed E-state index contributed by atoms with van der Waals surface area (Å²) in [6.07, 6.45) is 2.22. The van der Waals surface area contributed by atoms with Crippen molar-refractivity contribution in [3.63, 3.8) is 0 Å². The highest BCUT2D eigenvalue weighted by atomic mass is 19.1. The second-order valence-corrected chi connectivity index (χ2v) is 6.21. The Morgan fingerprint density at radius 1 is 0.885 bits per heavy atom. The van der Waals surface area contributed by atoms with Crippen LogP contribution in [0.25, 0.3) is 22.3 Å². The number of carbonyl (C=O) groups is 1. The fourth-order valence-corrected chi connectivity index (χ4v) is 2.99. The van der Waals surface area contributed by atoms with Crippen LogP contribution in [-0.4, -0.2) is 13.1 Å². The molecular formula is C23H21FO2. The first-order chi connectivity index (χ1) is 12.6. The highest BCUT2D eigenvalue weighted by Crippen LogP contribution is 2.27. The second-order valence-electron chi connectivity index (χ2n) is 6.21. The van der Waals surface area contributed by atoms with Gasteiger partial charge >= 0.3 is 5.97 Å². The van der Waals surface area contributed by atoms with Gasteiger partial charge in [-0.15, -0.1) is 0 Å². The highest BCUT2D eigenvalue weighted by molar-refractivity contribution is 5.90. The van der Waals surface area contributed by atoms with E-state index in [-0.39, 0.29) is 5.56 Å². The summed E-state index contributed by atoms with van der Waals surface area (Å²) in [4.78, 5) is 11.5. The maximum absolute atomic E-state index is 14.4. The maximum atomic E-state index is 14.4. The molecule has 0 N–H and O–H groups in total. The van der Waals surface area contributed by atoms with Gasteiger partial charge in [0, 0.05) is 5.56 Å². The van der Waals surface area contributed by atoms with Crippen molar-refractivity contribution in [3.05, 3.63) is 83.7 Å². The van der Waals surface area contributed by atoms with E-state index in [1.165, 1.54) is 18.7 Å². The van der Waals surface area contributed by atoms with Crippen molar-refractivity contribution in [2.45, 2.75) is 19.8 Å². The van der Waals surface area contributed by atoms with Gasteiger partial charge in [0.1, 0.15) is 5.82 Å². The largest absolute Gasteiger partial charge is 0.465 e. The Morgan fingerprint density at radius 3 is 2.00 bits per heavy atom. The van der Waals surface area contributed by atoms with E-state index in [1.807, 2.05) is 24.3 Å². The lowest BCUT2D eigenvalue weighted by Gasteiger charge is -2.08. The number of rotatable bonds is 5. The minimum absolute atomic E-state index is 0.206. The Morgan fingerprint density at radius 2 is 1.46 bits per heavy atom. The van der Waals surface area contributed by atoms with E-state index < -0.39 is 11.8 Å². The molecule has 3 heteroatoms. The highest BCUT2D eigenvalue weighted by Gasteiger charge is 2.11. The van der Waals surface area contributed by atoms with Crippen LogP contribution in [0.4, 0.5) is 4.39 Å². The zero-order valence-electron chi connectivity index (χ0n) is 15.0. The minimum atomic E-state index is -0.544. The lowest BCUT2D eigenvalue weighted by molar-refractivity contribution is 0.0600. The first-order valence-electron chi connectivity index (χ1n) is 8.70. The number of benzene rings is 3. The average molecular weight is 348 g/mol. The number of halogens is 1. The van der Waals surface area contributed by atoms with Crippen LogP contribution in [-0.2, 0) is 11.2 Å². The van der Waals surface area contributed by atoms with E-state index in [4.69, 9.17) is 0 Å². The number of ether oxygens (including phenoxy) is 1. The molecule has 132 valence electrons. The lowest BCUT2D eigenvalue weighted by Crippen LogP contribution is -2.01. The van der Waals surface area contributed by atoms with Crippen molar-refractivity contribution in [1.82, 2.24) is 0 Å². The third-order valence-electron chi connectivity index (χ3n) is 4.41.